The molecule has 2 rings (SSSR count). The molecular formula is C19H27ClF2O. The second-order valence-corrected chi connectivity index (χ2v) is 4.52. The van der Waals surface area contributed by atoms with E-state index in [1.807, 2.05) is 58.9 Å². The minimum absolute atomic E-state index is 0.141. The zero-order chi connectivity index (χ0) is 18.4. The summed E-state index contributed by atoms with van der Waals surface area (Å²) >= 11 is 5.23. The molecule has 0 unspecified atom stereocenters. The van der Waals surface area contributed by atoms with Gasteiger partial charge in [-0.1, -0.05) is 75.2 Å². The van der Waals surface area contributed by atoms with Gasteiger partial charge < -0.3 is 5.11 Å². The smallest absolute Gasteiger partial charge is 0.147 e. The number of benzene rings is 2. The van der Waals surface area contributed by atoms with Crippen LogP contribution >= 0.6 is 11.6 Å². The number of hydrogen-bond acceptors (Lipinski definition) is 1. The van der Waals surface area contributed by atoms with Crippen molar-refractivity contribution < 1.29 is 13.9 Å². The monoisotopic (exact) mass is 344 g/mol. The summed E-state index contributed by atoms with van der Waals surface area (Å²) in [6.07, 6.45) is 0. The van der Waals surface area contributed by atoms with Gasteiger partial charge in [0.15, 0.2) is 0 Å². The Bertz CT molecular complexity index is 530. The molecule has 0 saturated heterocycles. The van der Waals surface area contributed by atoms with E-state index in [9.17, 15) is 8.78 Å². The highest BCUT2D eigenvalue weighted by atomic mass is 35.5. The van der Waals surface area contributed by atoms with E-state index >= 15 is 0 Å². The lowest BCUT2D eigenvalue weighted by molar-refractivity contribution is 0.282. The molecule has 0 radical (unpaired) electrons. The second-order valence-electron chi connectivity index (χ2n) is 4.14. The zero-order valence-corrected chi connectivity index (χ0v) is 15.5. The van der Waals surface area contributed by atoms with Gasteiger partial charge in [-0.3, -0.25) is 0 Å². The van der Waals surface area contributed by atoms with E-state index in [2.05, 4.69) is 0 Å². The van der Waals surface area contributed by atoms with Crippen molar-refractivity contribution in [3.63, 3.8) is 0 Å². The predicted molar refractivity (Wildman–Crippen MR) is 95.9 cm³/mol. The van der Waals surface area contributed by atoms with Crippen molar-refractivity contribution in [1.82, 2.24) is 0 Å². The first-order valence-corrected chi connectivity index (χ1v) is 8.10. The molecule has 0 aromatic heterocycles. The van der Waals surface area contributed by atoms with E-state index in [0.29, 0.717) is 5.56 Å². The lowest BCUT2D eigenvalue weighted by atomic mass is 10.1. The lowest BCUT2D eigenvalue weighted by Crippen LogP contribution is -1.86. The summed E-state index contributed by atoms with van der Waals surface area (Å²) in [7, 11) is 0. The zero-order valence-electron chi connectivity index (χ0n) is 14.8. The summed E-state index contributed by atoms with van der Waals surface area (Å²) in [4.78, 5) is 0. The Balaban J connectivity index is 0. The van der Waals surface area contributed by atoms with Gasteiger partial charge in [-0.2, -0.15) is 0 Å². The molecule has 1 N–H and O–H groups in total. The fourth-order valence-corrected chi connectivity index (χ4v) is 1.64. The standard InChI is InChI=1S/C8H10O.C7H5ClF2.2C2H6/c1-7-3-2-4-8(5-7)6-9;1-4-2-3-5(9)6(8)7(4)10;2*1-2/h2-5,9H,6H2,1H3;2-3H,1H3;2*1-2H3. The van der Waals surface area contributed by atoms with E-state index in [4.69, 9.17) is 16.7 Å². The van der Waals surface area contributed by atoms with E-state index in [-0.39, 0.29) is 6.61 Å². The summed E-state index contributed by atoms with van der Waals surface area (Å²) < 4.78 is 25.0. The van der Waals surface area contributed by atoms with Crippen LogP contribution in [-0.2, 0) is 6.61 Å². The maximum atomic E-state index is 12.6. The van der Waals surface area contributed by atoms with E-state index in [0.717, 1.165) is 11.6 Å². The van der Waals surface area contributed by atoms with Gasteiger partial charge in [-0.05, 0) is 31.0 Å². The number of hydrogen-bond donors (Lipinski definition) is 1. The third-order valence-electron chi connectivity index (χ3n) is 2.49. The first-order chi connectivity index (χ1) is 11.0. The number of aliphatic hydroxyl groups is 1. The van der Waals surface area contributed by atoms with E-state index in [1.54, 1.807) is 0 Å². The number of halogens is 3. The number of aliphatic hydroxyl groups excluding tert-OH is 1. The molecular weight excluding hydrogens is 318 g/mol. The molecule has 0 atom stereocenters. The molecule has 0 amide bonds. The Morgan fingerprint density at radius 2 is 1.52 bits per heavy atom. The molecule has 4 heteroatoms. The van der Waals surface area contributed by atoms with Crippen molar-refractivity contribution in [2.24, 2.45) is 0 Å². The highest BCUT2D eigenvalue weighted by molar-refractivity contribution is 6.30. The third-order valence-corrected chi connectivity index (χ3v) is 2.84. The van der Waals surface area contributed by atoms with Gasteiger partial charge in [-0.25, -0.2) is 8.78 Å². The van der Waals surface area contributed by atoms with Gasteiger partial charge in [-0.15, -0.1) is 0 Å². The lowest BCUT2D eigenvalue weighted by Gasteiger charge is -1.97. The molecule has 0 spiro atoms. The fraction of sp³-hybridized carbons (Fsp3) is 0.368. The fourth-order valence-electron chi connectivity index (χ4n) is 1.43. The Hall–Kier alpha value is -1.45. The third kappa shape index (κ3) is 9.32. The van der Waals surface area contributed by atoms with Crippen LogP contribution in [0.25, 0.3) is 0 Å². The predicted octanol–water partition coefficient (Wildman–Crippen LogP) is 6.47. The van der Waals surface area contributed by atoms with Crippen LogP contribution < -0.4 is 0 Å². The van der Waals surface area contributed by atoms with Gasteiger partial charge in [0.25, 0.3) is 0 Å². The molecule has 1 nitrogen and oxygen atoms in total. The van der Waals surface area contributed by atoms with Gasteiger partial charge in [0.1, 0.15) is 16.7 Å². The SMILES string of the molecule is CC.CC.Cc1ccc(F)c(Cl)c1F.Cc1cccc(CO)c1. The van der Waals surface area contributed by atoms with Gasteiger partial charge in [0.2, 0.25) is 0 Å². The molecule has 130 valence electrons. The van der Waals surface area contributed by atoms with Crippen LogP contribution in [0.15, 0.2) is 36.4 Å². The van der Waals surface area contributed by atoms with E-state index < -0.39 is 16.7 Å². The average molecular weight is 345 g/mol. The highest BCUT2D eigenvalue weighted by Crippen LogP contribution is 2.20. The average Bonchev–Trinajstić information content (AvgIpc) is 2.60. The first-order valence-electron chi connectivity index (χ1n) is 7.72. The molecule has 0 aliphatic heterocycles. The molecule has 0 aliphatic rings. The van der Waals surface area contributed by atoms with Crippen LogP contribution in [0.5, 0.6) is 0 Å². The normalized spacial score (nSPS) is 8.61. The topological polar surface area (TPSA) is 20.2 Å². The minimum Gasteiger partial charge on any atom is -0.392 e. The number of rotatable bonds is 1. The summed E-state index contributed by atoms with van der Waals surface area (Å²) in [5.41, 5.74) is 2.53. The quantitative estimate of drug-likeness (QED) is 0.588. The largest absolute Gasteiger partial charge is 0.392 e. The minimum atomic E-state index is -0.718. The van der Waals surface area contributed by atoms with Crippen molar-refractivity contribution in [1.29, 1.82) is 0 Å². The molecule has 0 fully saturated rings. The van der Waals surface area contributed by atoms with Crippen molar-refractivity contribution in [3.05, 3.63) is 69.7 Å². The number of aryl methyl sites for hydroxylation is 2. The Kier molecular flexibility index (Phi) is 14.7. The van der Waals surface area contributed by atoms with E-state index in [1.165, 1.54) is 18.6 Å². The molecule has 0 aliphatic carbocycles. The van der Waals surface area contributed by atoms with Crippen molar-refractivity contribution in [2.75, 3.05) is 0 Å². The second kappa shape index (κ2) is 14.2. The van der Waals surface area contributed by atoms with Crippen molar-refractivity contribution in [3.8, 4) is 0 Å². The van der Waals surface area contributed by atoms with Crippen LogP contribution in [0.3, 0.4) is 0 Å². The summed E-state index contributed by atoms with van der Waals surface area (Å²) in [5.74, 6) is -1.40. The van der Waals surface area contributed by atoms with Gasteiger partial charge >= 0.3 is 0 Å². The van der Waals surface area contributed by atoms with Gasteiger partial charge in [0, 0.05) is 0 Å². The first kappa shape index (κ1) is 23.8. The van der Waals surface area contributed by atoms with Crippen molar-refractivity contribution in [2.45, 2.75) is 48.1 Å². The van der Waals surface area contributed by atoms with Crippen LogP contribution in [0, 0.1) is 25.5 Å². The summed E-state index contributed by atoms with van der Waals surface area (Å²) in [6.45, 7) is 11.7. The summed E-state index contributed by atoms with van der Waals surface area (Å²) in [5, 5.41) is 8.23. The maximum Gasteiger partial charge on any atom is 0.147 e. The maximum absolute atomic E-state index is 12.6. The molecule has 2 aromatic carbocycles. The molecule has 0 bridgehead atoms. The van der Waals surface area contributed by atoms with Crippen molar-refractivity contribution >= 4 is 11.6 Å². The molecule has 23 heavy (non-hydrogen) atoms. The van der Waals surface area contributed by atoms with Crippen LogP contribution in [0.4, 0.5) is 8.78 Å². The Morgan fingerprint density at radius 3 is 1.91 bits per heavy atom. The molecule has 2 aromatic rings. The van der Waals surface area contributed by atoms with Crippen LogP contribution in [0.1, 0.15) is 44.4 Å². The van der Waals surface area contributed by atoms with Crippen LogP contribution in [-0.4, -0.2) is 5.11 Å². The summed E-state index contributed by atoms with van der Waals surface area (Å²) in [6, 6.07) is 10.3. The van der Waals surface area contributed by atoms with Gasteiger partial charge in [0.05, 0.1) is 6.61 Å². The highest BCUT2D eigenvalue weighted by Gasteiger charge is 2.07. The molecule has 0 saturated carbocycles. The Labute approximate surface area is 143 Å². The molecule has 0 heterocycles. The Morgan fingerprint density at radius 1 is 0.957 bits per heavy atom. The van der Waals surface area contributed by atoms with Crippen LogP contribution in [0.2, 0.25) is 5.02 Å².